The molecular weight excluding hydrogens is 266 g/mol. The number of ether oxygens (including phenoxy) is 1. The predicted octanol–water partition coefficient (Wildman–Crippen LogP) is 2.83. The Hall–Kier alpha value is -1.85. The van der Waals surface area contributed by atoms with E-state index in [-0.39, 0.29) is 18.4 Å². The zero-order valence-electron chi connectivity index (χ0n) is 11.5. The van der Waals surface area contributed by atoms with Crippen molar-refractivity contribution < 1.29 is 18.3 Å². The van der Waals surface area contributed by atoms with Gasteiger partial charge in [0.1, 0.15) is 12.4 Å². The second-order valence-corrected chi connectivity index (χ2v) is 4.31. The van der Waals surface area contributed by atoms with Crippen LogP contribution in [0.25, 0.3) is 0 Å². The summed E-state index contributed by atoms with van der Waals surface area (Å²) >= 11 is 0. The second kappa shape index (κ2) is 9.12. The molecule has 1 aromatic carbocycles. The van der Waals surface area contributed by atoms with Gasteiger partial charge in [-0.05, 0) is 18.6 Å². The lowest BCUT2D eigenvalue weighted by molar-refractivity contribution is 0.236. The number of halogens is 2. The molecule has 1 rings (SSSR count). The Bertz CT molecular complexity index is 428. The Balaban J connectivity index is 2.12. The summed E-state index contributed by atoms with van der Waals surface area (Å²) in [6, 6.07) is 3.05. The van der Waals surface area contributed by atoms with E-state index in [0.717, 1.165) is 31.4 Å². The molecule has 0 aliphatic carbocycles. The van der Waals surface area contributed by atoms with Gasteiger partial charge in [-0.25, -0.2) is 13.6 Å². The number of rotatable bonds is 8. The molecule has 6 heteroatoms. The smallest absolute Gasteiger partial charge is 0.314 e. The first-order valence-corrected chi connectivity index (χ1v) is 6.73. The molecule has 0 heterocycles. The Morgan fingerprint density at radius 3 is 2.60 bits per heavy atom. The summed E-state index contributed by atoms with van der Waals surface area (Å²) in [5, 5.41) is 5.33. The molecule has 0 bridgehead atoms. The van der Waals surface area contributed by atoms with E-state index < -0.39 is 11.6 Å². The van der Waals surface area contributed by atoms with E-state index in [1.807, 2.05) is 0 Å². The van der Waals surface area contributed by atoms with Crippen molar-refractivity contribution in [1.82, 2.24) is 10.6 Å². The van der Waals surface area contributed by atoms with Crippen LogP contribution in [0.15, 0.2) is 18.2 Å². The number of carbonyl (C=O) groups excluding carboxylic acids is 1. The van der Waals surface area contributed by atoms with E-state index in [9.17, 15) is 13.6 Å². The largest absolute Gasteiger partial charge is 0.492 e. The average Bonchev–Trinajstić information content (AvgIpc) is 2.43. The fourth-order valence-electron chi connectivity index (χ4n) is 1.54. The van der Waals surface area contributed by atoms with Gasteiger partial charge in [0, 0.05) is 12.6 Å². The van der Waals surface area contributed by atoms with Gasteiger partial charge >= 0.3 is 6.03 Å². The summed E-state index contributed by atoms with van der Waals surface area (Å²) in [6.45, 7) is 3.21. The minimum absolute atomic E-state index is 0.188. The first-order chi connectivity index (χ1) is 9.63. The lowest BCUT2D eigenvalue weighted by atomic mass is 10.2. The fourth-order valence-corrected chi connectivity index (χ4v) is 1.54. The van der Waals surface area contributed by atoms with Gasteiger partial charge in [-0.1, -0.05) is 19.8 Å². The number of nitrogens with one attached hydrogen (secondary N) is 2. The molecule has 0 fully saturated rings. The van der Waals surface area contributed by atoms with Gasteiger partial charge in [-0.15, -0.1) is 0 Å². The number of hydrogen-bond acceptors (Lipinski definition) is 2. The minimum Gasteiger partial charge on any atom is -0.492 e. The molecule has 0 unspecified atom stereocenters. The monoisotopic (exact) mass is 286 g/mol. The van der Waals surface area contributed by atoms with Crippen molar-refractivity contribution in [3.63, 3.8) is 0 Å². The molecule has 1 aromatic rings. The Kier molecular flexibility index (Phi) is 7.39. The summed E-state index contributed by atoms with van der Waals surface area (Å²) in [4.78, 5) is 11.3. The Labute approximate surface area is 117 Å². The van der Waals surface area contributed by atoms with Crippen molar-refractivity contribution in [2.75, 3.05) is 19.7 Å². The highest BCUT2D eigenvalue weighted by Gasteiger charge is 2.03. The summed E-state index contributed by atoms with van der Waals surface area (Å²) in [7, 11) is 0. The van der Waals surface area contributed by atoms with Crippen LogP contribution in [0.2, 0.25) is 0 Å². The molecule has 0 aromatic heterocycles. The number of benzene rings is 1. The lowest BCUT2D eigenvalue weighted by Crippen LogP contribution is -2.38. The van der Waals surface area contributed by atoms with Crippen LogP contribution in [0.1, 0.15) is 26.2 Å². The van der Waals surface area contributed by atoms with E-state index in [1.165, 1.54) is 6.07 Å². The molecule has 0 aliphatic heterocycles. The lowest BCUT2D eigenvalue weighted by Gasteiger charge is -2.09. The van der Waals surface area contributed by atoms with Crippen LogP contribution in [-0.4, -0.2) is 25.7 Å². The Morgan fingerprint density at radius 2 is 1.90 bits per heavy atom. The molecule has 20 heavy (non-hydrogen) atoms. The van der Waals surface area contributed by atoms with Crippen LogP contribution in [0.5, 0.6) is 5.75 Å². The molecule has 0 saturated heterocycles. The molecule has 2 amide bonds. The topological polar surface area (TPSA) is 50.4 Å². The first kappa shape index (κ1) is 16.2. The first-order valence-electron chi connectivity index (χ1n) is 6.73. The van der Waals surface area contributed by atoms with Crippen LogP contribution in [0, 0.1) is 11.6 Å². The maximum atomic E-state index is 12.9. The van der Waals surface area contributed by atoms with E-state index in [1.54, 1.807) is 0 Å². The fraction of sp³-hybridized carbons (Fsp3) is 0.500. The number of amides is 2. The Morgan fingerprint density at radius 1 is 1.15 bits per heavy atom. The van der Waals surface area contributed by atoms with E-state index >= 15 is 0 Å². The van der Waals surface area contributed by atoms with Crippen molar-refractivity contribution in [1.29, 1.82) is 0 Å². The summed E-state index contributed by atoms with van der Waals surface area (Å²) in [5.41, 5.74) is 0. The van der Waals surface area contributed by atoms with Crippen molar-refractivity contribution in [2.45, 2.75) is 26.2 Å². The third-order valence-corrected chi connectivity index (χ3v) is 2.61. The van der Waals surface area contributed by atoms with Crippen molar-refractivity contribution in [2.24, 2.45) is 0 Å². The van der Waals surface area contributed by atoms with E-state index in [4.69, 9.17) is 4.74 Å². The van der Waals surface area contributed by atoms with Crippen LogP contribution in [0.4, 0.5) is 13.6 Å². The van der Waals surface area contributed by atoms with Gasteiger partial charge in [-0.3, -0.25) is 0 Å². The third kappa shape index (κ3) is 6.36. The molecule has 0 aliphatic rings. The number of urea groups is 1. The highest BCUT2D eigenvalue weighted by Crippen LogP contribution is 2.14. The van der Waals surface area contributed by atoms with Gasteiger partial charge < -0.3 is 15.4 Å². The summed E-state index contributed by atoms with van der Waals surface area (Å²) in [6.07, 6.45) is 3.14. The van der Waals surface area contributed by atoms with Crippen molar-refractivity contribution in [3.8, 4) is 5.75 Å². The zero-order valence-corrected chi connectivity index (χ0v) is 11.5. The molecule has 112 valence electrons. The van der Waals surface area contributed by atoms with Crippen LogP contribution >= 0.6 is 0 Å². The van der Waals surface area contributed by atoms with Crippen LogP contribution in [0.3, 0.4) is 0 Å². The second-order valence-electron chi connectivity index (χ2n) is 4.31. The van der Waals surface area contributed by atoms with Gasteiger partial charge in [0.05, 0.1) is 6.54 Å². The standard InChI is InChI=1S/C14H20F2N2O2/c1-2-3-4-7-17-14(19)18-8-9-20-11-5-6-12(15)13(16)10-11/h5-6,10H,2-4,7-9H2,1H3,(H2,17,18,19). The molecule has 0 radical (unpaired) electrons. The third-order valence-electron chi connectivity index (χ3n) is 2.61. The maximum Gasteiger partial charge on any atom is 0.314 e. The van der Waals surface area contributed by atoms with Gasteiger partial charge in [0.25, 0.3) is 0 Å². The molecule has 0 atom stereocenters. The van der Waals surface area contributed by atoms with Crippen molar-refractivity contribution in [3.05, 3.63) is 29.8 Å². The van der Waals surface area contributed by atoms with E-state index in [2.05, 4.69) is 17.6 Å². The highest BCUT2D eigenvalue weighted by molar-refractivity contribution is 5.73. The SMILES string of the molecule is CCCCCNC(=O)NCCOc1ccc(F)c(F)c1. The zero-order chi connectivity index (χ0) is 14.8. The van der Waals surface area contributed by atoms with Crippen LogP contribution in [-0.2, 0) is 0 Å². The average molecular weight is 286 g/mol. The molecular formula is C14H20F2N2O2. The van der Waals surface area contributed by atoms with Gasteiger partial charge in [0.15, 0.2) is 11.6 Å². The number of hydrogen-bond donors (Lipinski definition) is 2. The maximum absolute atomic E-state index is 12.9. The number of unbranched alkanes of at least 4 members (excludes halogenated alkanes) is 2. The van der Waals surface area contributed by atoms with E-state index in [0.29, 0.717) is 13.1 Å². The molecule has 2 N–H and O–H groups in total. The normalized spacial score (nSPS) is 10.2. The van der Waals surface area contributed by atoms with Gasteiger partial charge in [0.2, 0.25) is 0 Å². The number of carbonyl (C=O) groups is 1. The van der Waals surface area contributed by atoms with Crippen LogP contribution < -0.4 is 15.4 Å². The summed E-state index contributed by atoms with van der Waals surface area (Å²) < 4.78 is 30.7. The summed E-state index contributed by atoms with van der Waals surface area (Å²) in [5.74, 6) is -1.64. The quantitative estimate of drug-likeness (QED) is 0.722. The highest BCUT2D eigenvalue weighted by atomic mass is 19.2. The predicted molar refractivity (Wildman–Crippen MR) is 72.8 cm³/mol. The molecule has 0 spiro atoms. The van der Waals surface area contributed by atoms with Gasteiger partial charge in [-0.2, -0.15) is 0 Å². The molecule has 4 nitrogen and oxygen atoms in total. The van der Waals surface area contributed by atoms with Crippen molar-refractivity contribution >= 4 is 6.03 Å². The molecule has 0 saturated carbocycles. The minimum atomic E-state index is -0.955.